The highest BCUT2D eigenvalue weighted by Gasteiger charge is 2.34. The lowest BCUT2D eigenvalue weighted by Gasteiger charge is -2.14. The number of sulfone groups is 1. The molecule has 0 bridgehead atoms. The van der Waals surface area contributed by atoms with Gasteiger partial charge in [0.2, 0.25) is 0 Å². The first kappa shape index (κ1) is 23.7. The first-order valence-corrected chi connectivity index (χ1v) is 11.9. The Kier molecular flexibility index (Phi) is 5.89. The second kappa shape index (κ2) is 8.43. The van der Waals surface area contributed by atoms with Crippen molar-refractivity contribution in [1.29, 1.82) is 0 Å². The summed E-state index contributed by atoms with van der Waals surface area (Å²) in [4.78, 5) is 3.97. The molecule has 0 N–H and O–H groups in total. The average Bonchev–Trinajstić information content (AvgIpc) is 3.08. The number of fused-ring (bicyclic) bond motifs is 1. The SMILES string of the molecule is CCS(=O)(=O)c1cc(F)cc(Oc2ccc(-n3c(C)nc4c(C(F)(F)F)cccc43)c(C)c2)c1. The van der Waals surface area contributed by atoms with E-state index in [2.05, 4.69) is 4.98 Å². The van der Waals surface area contributed by atoms with Gasteiger partial charge in [0.05, 0.1) is 27.4 Å². The predicted octanol–water partition coefficient (Wildman–Crippen LogP) is 6.39. The third-order valence-electron chi connectivity index (χ3n) is 5.39. The molecule has 0 spiro atoms. The van der Waals surface area contributed by atoms with Gasteiger partial charge in [-0.1, -0.05) is 13.0 Å². The zero-order valence-corrected chi connectivity index (χ0v) is 19.3. The minimum Gasteiger partial charge on any atom is -0.457 e. The van der Waals surface area contributed by atoms with Crippen molar-refractivity contribution in [2.24, 2.45) is 0 Å². The molecule has 34 heavy (non-hydrogen) atoms. The molecule has 0 saturated carbocycles. The van der Waals surface area contributed by atoms with Crippen molar-refractivity contribution < 1.29 is 30.7 Å². The molecule has 0 aliphatic rings. The molecule has 0 aliphatic carbocycles. The van der Waals surface area contributed by atoms with Gasteiger partial charge in [-0.15, -0.1) is 0 Å². The van der Waals surface area contributed by atoms with Crippen molar-refractivity contribution in [3.05, 3.63) is 77.4 Å². The Bertz CT molecular complexity index is 1510. The van der Waals surface area contributed by atoms with Crippen LogP contribution in [0.2, 0.25) is 0 Å². The summed E-state index contributed by atoms with van der Waals surface area (Å²) in [5.74, 6) is -0.234. The average molecular weight is 492 g/mol. The number of alkyl halides is 3. The number of aryl methyl sites for hydroxylation is 2. The van der Waals surface area contributed by atoms with Crippen LogP contribution in [0.25, 0.3) is 16.7 Å². The Labute approximate surface area is 193 Å². The van der Waals surface area contributed by atoms with Crippen LogP contribution in [0.3, 0.4) is 0 Å². The van der Waals surface area contributed by atoms with Crippen LogP contribution < -0.4 is 4.74 Å². The van der Waals surface area contributed by atoms with Crippen molar-refractivity contribution in [2.45, 2.75) is 31.8 Å². The number of nitrogens with zero attached hydrogens (tertiary/aromatic N) is 2. The molecule has 1 heterocycles. The lowest BCUT2D eigenvalue weighted by Crippen LogP contribution is -2.06. The van der Waals surface area contributed by atoms with Crippen molar-refractivity contribution in [1.82, 2.24) is 9.55 Å². The summed E-state index contributed by atoms with van der Waals surface area (Å²) in [5, 5.41) is 0. The number of ether oxygens (including phenoxy) is 1. The molecular formula is C24H20F4N2O3S. The van der Waals surface area contributed by atoms with Gasteiger partial charge in [0.25, 0.3) is 0 Å². The van der Waals surface area contributed by atoms with Crippen LogP contribution in [-0.2, 0) is 16.0 Å². The number of hydrogen-bond acceptors (Lipinski definition) is 4. The largest absolute Gasteiger partial charge is 0.457 e. The second-order valence-corrected chi connectivity index (χ2v) is 10.0. The molecule has 0 fully saturated rings. The van der Waals surface area contributed by atoms with E-state index < -0.39 is 27.4 Å². The molecule has 178 valence electrons. The van der Waals surface area contributed by atoms with Crippen LogP contribution in [-0.4, -0.2) is 23.7 Å². The zero-order valence-electron chi connectivity index (χ0n) is 18.4. The molecule has 0 unspecified atom stereocenters. The van der Waals surface area contributed by atoms with Crippen LogP contribution in [0, 0.1) is 19.7 Å². The van der Waals surface area contributed by atoms with Gasteiger partial charge in [-0.2, -0.15) is 13.2 Å². The van der Waals surface area contributed by atoms with Gasteiger partial charge in [0.1, 0.15) is 28.7 Å². The summed E-state index contributed by atoms with van der Waals surface area (Å²) in [6, 6.07) is 12.0. The molecule has 5 nitrogen and oxygen atoms in total. The monoisotopic (exact) mass is 492 g/mol. The van der Waals surface area contributed by atoms with E-state index in [1.807, 2.05) is 0 Å². The Morgan fingerprint density at radius 1 is 1.00 bits per heavy atom. The Morgan fingerprint density at radius 3 is 2.38 bits per heavy atom. The topological polar surface area (TPSA) is 61.2 Å². The fraction of sp³-hybridized carbons (Fsp3) is 0.208. The molecule has 3 aromatic carbocycles. The van der Waals surface area contributed by atoms with Gasteiger partial charge in [0.15, 0.2) is 9.84 Å². The molecule has 0 atom stereocenters. The lowest BCUT2D eigenvalue weighted by atomic mass is 10.1. The van der Waals surface area contributed by atoms with Crippen molar-refractivity contribution in [2.75, 3.05) is 5.75 Å². The first-order valence-electron chi connectivity index (χ1n) is 10.3. The normalized spacial score (nSPS) is 12.3. The van der Waals surface area contributed by atoms with E-state index in [-0.39, 0.29) is 21.9 Å². The summed E-state index contributed by atoms with van der Waals surface area (Å²) < 4.78 is 85.8. The third-order valence-corrected chi connectivity index (χ3v) is 7.10. The summed E-state index contributed by atoms with van der Waals surface area (Å²) >= 11 is 0. The lowest BCUT2D eigenvalue weighted by molar-refractivity contribution is -0.136. The Morgan fingerprint density at radius 2 is 1.74 bits per heavy atom. The van der Waals surface area contributed by atoms with E-state index in [1.165, 1.54) is 19.1 Å². The van der Waals surface area contributed by atoms with Crippen molar-refractivity contribution in [3.8, 4) is 17.2 Å². The van der Waals surface area contributed by atoms with E-state index in [0.29, 0.717) is 28.3 Å². The quantitative estimate of drug-likeness (QED) is 0.303. The highest BCUT2D eigenvalue weighted by Crippen LogP contribution is 2.36. The third kappa shape index (κ3) is 4.37. The minimum atomic E-state index is -4.53. The van der Waals surface area contributed by atoms with Crippen LogP contribution >= 0.6 is 0 Å². The van der Waals surface area contributed by atoms with Crippen LogP contribution in [0.15, 0.2) is 59.5 Å². The maximum Gasteiger partial charge on any atom is 0.418 e. The van der Waals surface area contributed by atoms with Crippen molar-refractivity contribution >= 4 is 20.9 Å². The number of para-hydroxylation sites is 1. The number of imidazole rings is 1. The fourth-order valence-corrected chi connectivity index (χ4v) is 4.69. The number of rotatable bonds is 5. The molecule has 0 saturated heterocycles. The molecule has 4 aromatic rings. The van der Waals surface area contributed by atoms with Gasteiger partial charge in [-0.05, 0) is 61.9 Å². The van der Waals surface area contributed by atoms with Crippen LogP contribution in [0.5, 0.6) is 11.5 Å². The standard InChI is InChI=1S/C24H20F4N2O3S/c1-4-34(31,32)19-12-16(25)11-18(13-19)33-17-8-9-21(14(2)10-17)30-15(3)29-23-20(24(26,27)28)6-5-7-22(23)30/h5-13H,4H2,1-3H3. The zero-order chi connectivity index (χ0) is 24.8. The summed E-state index contributed by atoms with van der Waals surface area (Å²) in [5.41, 5.74) is 0.615. The molecule has 10 heteroatoms. The molecule has 1 aromatic heterocycles. The molecule has 0 amide bonds. The Hall–Kier alpha value is -3.40. The molecule has 0 aliphatic heterocycles. The first-order chi connectivity index (χ1) is 15.9. The van der Waals surface area contributed by atoms with Gasteiger partial charge in [-0.25, -0.2) is 17.8 Å². The minimum absolute atomic E-state index is 0.0123. The van der Waals surface area contributed by atoms with Crippen LogP contribution in [0.1, 0.15) is 23.9 Å². The fourth-order valence-electron chi connectivity index (χ4n) is 3.77. The number of aromatic nitrogens is 2. The van der Waals surface area contributed by atoms with Gasteiger partial charge < -0.3 is 4.74 Å². The summed E-state index contributed by atoms with van der Waals surface area (Å²) in [7, 11) is -3.63. The number of hydrogen-bond donors (Lipinski definition) is 0. The number of benzene rings is 3. The van der Waals surface area contributed by atoms with Crippen molar-refractivity contribution in [3.63, 3.8) is 0 Å². The smallest absolute Gasteiger partial charge is 0.418 e. The Balaban J connectivity index is 1.74. The van der Waals surface area contributed by atoms with E-state index >= 15 is 0 Å². The summed E-state index contributed by atoms with van der Waals surface area (Å²) in [6.45, 7) is 4.83. The highest BCUT2D eigenvalue weighted by molar-refractivity contribution is 7.91. The molecular weight excluding hydrogens is 472 g/mol. The molecule has 0 radical (unpaired) electrons. The maximum absolute atomic E-state index is 14.0. The van der Waals surface area contributed by atoms with Crippen LogP contribution in [0.4, 0.5) is 17.6 Å². The maximum atomic E-state index is 14.0. The van der Waals surface area contributed by atoms with E-state index in [9.17, 15) is 26.0 Å². The second-order valence-electron chi connectivity index (χ2n) is 7.74. The number of halogens is 4. The predicted molar refractivity (Wildman–Crippen MR) is 120 cm³/mol. The molecule has 4 rings (SSSR count). The van der Waals surface area contributed by atoms with Gasteiger partial charge in [-0.3, -0.25) is 4.57 Å². The summed E-state index contributed by atoms with van der Waals surface area (Å²) in [6.07, 6.45) is -4.53. The van der Waals surface area contributed by atoms with Gasteiger partial charge >= 0.3 is 6.18 Å². The van der Waals surface area contributed by atoms with E-state index in [4.69, 9.17) is 4.74 Å². The highest BCUT2D eigenvalue weighted by atomic mass is 32.2. The van der Waals surface area contributed by atoms with E-state index in [0.717, 1.165) is 18.2 Å². The van der Waals surface area contributed by atoms with E-state index in [1.54, 1.807) is 42.7 Å². The van der Waals surface area contributed by atoms with Gasteiger partial charge in [0, 0.05) is 6.07 Å².